The third-order valence-corrected chi connectivity index (χ3v) is 4.12. The third-order valence-electron chi connectivity index (χ3n) is 3.09. The SMILES string of the molecule is CCNC(CCCS(C)(=O)=O)CCc1ccncc1. The van der Waals surface area contributed by atoms with Crippen LogP contribution in [0.3, 0.4) is 0 Å². The largest absolute Gasteiger partial charge is 0.314 e. The lowest BCUT2D eigenvalue weighted by molar-refractivity contribution is 0.459. The highest BCUT2D eigenvalue weighted by Crippen LogP contribution is 2.09. The van der Waals surface area contributed by atoms with Crippen LogP contribution in [0.4, 0.5) is 0 Å². The first-order valence-corrected chi connectivity index (χ1v) is 8.87. The second-order valence-corrected chi connectivity index (χ2v) is 7.18. The van der Waals surface area contributed by atoms with Gasteiger partial charge in [0.1, 0.15) is 9.84 Å². The Morgan fingerprint density at radius 2 is 1.95 bits per heavy atom. The normalized spacial score (nSPS) is 13.4. The number of aryl methyl sites for hydroxylation is 1. The summed E-state index contributed by atoms with van der Waals surface area (Å²) in [6.45, 7) is 3.00. The highest BCUT2D eigenvalue weighted by Gasteiger charge is 2.09. The molecule has 4 nitrogen and oxygen atoms in total. The van der Waals surface area contributed by atoms with E-state index in [9.17, 15) is 8.42 Å². The molecule has 0 fully saturated rings. The molecule has 0 radical (unpaired) electrons. The Bertz CT molecular complexity index is 446. The van der Waals surface area contributed by atoms with Gasteiger partial charge in [-0.3, -0.25) is 4.98 Å². The first-order chi connectivity index (χ1) is 9.01. The molecule has 1 aromatic rings. The Morgan fingerprint density at radius 1 is 1.26 bits per heavy atom. The van der Waals surface area contributed by atoms with Crippen LogP contribution in [0.1, 0.15) is 31.7 Å². The smallest absolute Gasteiger partial charge is 0.147 e. The molecule has 0 aromatic carbocycles. The summed E-state index contributed by atoms with van der Waals surface area (Å²) in [5, 5.41) is 3.43. The van der Waals surface area contributed by atoms with Crippen molar-refractivity contribution in [2.24, 2.45) is 0 Å². The summed E-state index contributed by atoms with van der Waals surface area (Å²) in [5.74, 6) is 0.282. The third kappa shape index (κ3) is 7.95. The molecular weight excluding hydrogens is 260 g/mol. The maximum absolute atomic E-state index is 11.1. The van der Waals surface area contributed by atoms with Gasteiger partial charge in [-0.25, -0.2) is 8.42 Å². The molecule has 19 heavy (non-hydrogen) atoms. The molecule has 0 saturated heterocycles. The number of aromatic nitrogens is 1. The fourth-order valence-corrected chi connectivity index (χ4v) is 2.81. The first-order valence-electron chi connectivity index (χ1n) is 6.81. The summed E-state index contributed by atoms with van der Waals surface area (Å²) < 4.78 is 22.2. The second-order valence-electron chi connectivity index (χ2n) is 4.92. The van der Waals surface area contributed by atoms with Crippen molar-refractivity contribution in [2.75, 3.05) is 18.6 Å². The van der Waals surface area contributed by atoms with Gasteiger partial charge in [0, 0.05) is 30.4 Å². The summed E-state index contributed by atoms with van der Waals surface area (Å²) in [6.07, 6.45) is 8.58. The topological polar surface area (TPSA) is 59.1 Å². The van der Waals surface area contributed by atoms with E-state index in [0.29, 0.717) is 6.04 Å². The number of hydrogen-bond acceptors (Lipinski definition) is 4. The van der Waals surface area contributed by atoms with Gasteiger partial charge in [-0.05, 0) is 49.9 Å². The van der Waals surface area contributed by atoms with Crippen molar-refractivity contribution < 1.29 is 8.42 Å². The van der Waals surface area contributed by atoms with Crippen molar-refractivity contribution in [2.45, 2.75) is 38.6 Å². The van der Waals surface area contributed by atoms with E-state index in [-0.39, 0.29) is 5.75 Å². The standard InChI is InChI=1S/C14H24N2O2S/c1-3-16-14(5-4-12-19(2,17)18)7-6-13-8-10-15-11-9-13/h8-11,14,16H,3-7,12H2,1-2H3. The quantitative estimate of drug-likeness (QED) is 0.751. The monoisotopic (exact) mass is 284 g/mol. The van der Waals surface area contributed by atoms with E-state index >= 15 is 0 Å². The van der Waals surface area contributed by atoms with E-state index in [0.717, 1.165) is 32.2 Å². The summed E-state index contributed by atoms with van der Waals surface area (Å²) in [7, 11) is -2.84. The second kappa shape index (κ2) is 8.27. The molecule has 1 atom stereocenters. The molecule has 108 valence electrons. The molecule has 0 aliphatic rings. The van der Waals surface area contributed by atoms with E-state index in [1.165, 1.54) is 11.8 Å². The van der Waals surface area contributed by atoms with Crippen LogP contribution in [-0.4, -0.2) is 38.0 Å². The average Bonchev–Trinajstić information content (AvgIpc) is 2.36. The van der Waals surface area contributed by atoms with Crippen molar-refractivity contribution in [3.63, 3.8) is 0 Å². The molecule has 1 rings (SSSR count). The predicted octanol–water partition coefficient (Wildman–Crippen LogP) is 1.82. The Hall–Kier alpha value is -0.940. The lowest BCUT2D eigenvalue weighted by atomic mass is 10.0. The van der Waals surface area contributed by atoms with Crippen LogP contribution in [0.15, 0.2) is 24.5 Å². The minimum absolute atomic E-state index is 0.282. The highest BCUT2D eigenvalue weighted by molar-refractivity contribution is 7.90. The fraction of sp³-hybridized carbons (Fsp3) is 0.643. The minimum Gasteiger partial charge on any atom is -0.314 e. The summed E-state index contributed by atoms with van der Waals surface area (Å²) in [5.41, 5.74) is 1.28. The molecule has 0 saturated carbocycles. The van der Waals surface area contributed by atoms with Gasteiger partial charge in [0.2, 0.25) is 0 Å². The van der Waals surface area contributed by atoms with Crippen LogP contribution < -0.4 is 5.32 Å². The van der Waals surface area contributed by atoms with Crippen LogP contribution in [0, 0.1) is 0 Å². The lowest BCUT2D eigenvalue weighted by Gasteiger charge is -2.17. The summed E-state index contributed by atoms with van der Waals surface area (Å²) in [4.78, 5) is 4.00. The summed E-state index contributed by atoms with van der Waals surface area (Å²) in [6, 6.07) is 4.44. The highest BCUT2D eigenvalue weighted by atomic mass is 32.2. The number of pyridine rings is 1. The van der Waals surface area contributed by atoms with Gasteiger partial charge in [-0.1, -0.05) is 6.92 Å². The Kier molecular flexibility index (Phi) is 7.02. The molecule has 0 aliphatic carbocycles. The number of nitrogens with zero attached hydrogens (tertiary/aromatic N) is 1. The number of rotatable bonds is 9. The molecule has 1 aromatic heterocycles. The first kappa shape index (κ1) is 16.1. The minimum atomic E-state index is -2.84. The molecular formula is C14H24N2O2S. The number of hydrogen-bond donors (Lipinski definition) is 1. The Labute approximate surface area is 116 Å². The van der Waals surface area contributed by atoms with Crippen LogP contribution >= 0.6 is 0 Å². The molecule has 0 spiro atoms. The van der Waals surface area contributed by atoms with E-state index in [1.807, 2.05) is 12.1 Å². The molecule has 1 N–H and O–H groups in total. The maximum atomic E-state index is 11.1. The van der Waals surface area contributed by atoms with Gasteiger partial charge in [0.25, 0.3) is 0 Å². The van der Waals surface area contributed by atoms with Crippen LogP contribution in [0.25, 0.3) is 0 Å². The van der Waals surface area contributed by atoms with Gasteiger partial charge in [0.15, 0.2) is 0 Å². The predicted molar refractivity (Wildman–Crippen MR) is 79.0 cm³/mol. The molecule has 0 bridgehead atoms. The number of nitrogens with one attached hydrogen (secondary N) is 1. The van der Waals surface area contributed by atoms with Crippen molar-refractivity contribution >= 4 is 9.84 Å². The van der Waals surface area contributed by atoms with Crippen LogP contribution in [0.5, 0.6) is 0 Å². The van der Waals surface area contributed by atoms with Gasteiger partial charge >= 0.3 is 0 Å². The van der Waals surface area contributed by atoms with Crippen LogP contribution in [-0.2, 0) is 16.3 Å². The fourth-order valence-electron chi connectivity index (χ4n) is 2.12. The molecule has 0 amide bonds. The molecule has 5 heteroatoms. The lowest BCUT2D eigenvalue weighted by Crippen LogP contribution is -2.29. The van der Waals surface area contributed by atoms with Crippen molar-refractivity contribution in [1.82, 2.24) is 10.3 Å². The van der Waals surface area contributed by atoms with Gasteiger partial charge in [0.05, 0.1) is 0 Å². The van der Waals surface area contributed by atoms with Gasteiger partial charge in [-0.2, -0.15) is 0 Å². The van der Waals surface area contributed by atoms with E-state index in [4.69, 9.17) is 0 Å². The maximum Gasteiger partial charge on any atom is 0.147 e. The van der Waals surface area contributed by atoms with Crippen molar-refractivity contribution in [3.05, 3.63) is 30.1 Å². The van der Waals surface area contributed by atoms with Gasteiger partial charge < -0.3 is 5.32 Å². The zero-order valence-corrected chi connectivity index (χ0v) is 12.6. The van der Waals surface area contributed by atoms with Gasteiger partial charge in [-0.15, -0.1) is 0 Å². The Morgan fingerprint density at radius 3 is 2.53 bits per heavy atom. The Balaban J connectivity index is 2.36. The molecule has 0 aliphatic heterocycles. The zero-order valence-electron chi connectivity index (χ0n) is 11.8. The number of sulfone groups is 1. The summed E-state index contributed by atoms with van der Waals surface area (Å²) >= 11 is 0. The van der Waals surface area contributed by atoms with Crippen molar-refractivity contribution in [1.29, 1.82) is 0 Å². The van der Waals surface area contributed by atoms with E-state index in [2.05, 4.69) is 17.2 Å². The average molecular weight is 284 g/mol. The zero-order chi connectivity index (χ0) is 14.1. The molecule has 1 heterocycles. The molecule has 1 unspecified atom stereocenters. The van der Waals surface area contributed by atoms with E-state index < -0.39 is 9.84 Å². The van der Waals surface area contributed by atoms with E-state index in [1.54, 1.807) is 12.4 Å². The van der Waals surface area contributed by atoms with Crippen molar-refractivity contribution in [3.8, 4) is 0 Å². The van der Waals surface area contributed by atoms with Crippen LogP contribution in [0.2, 0.25) is 0 Å².